The van der Waals surface area contributed by atoms with Gasteiger partial charge in [0, 0.05) is 22.1 Å². The van der Waals surface area contributed by atoms with Gasteiger partial charge in [-0.1, -0.05) is 22.0 Å². The van der Waals surface area contributed by atoms with Crippen LogP contribution in [-0.2, 0) is 9.59 Å². The van der Waals surface area contributed by atoms with Crippen LogP contribution in [0.4, 0.5) is 5.69 Å². The zero-order valence-electron chi connectivity index (χ0n) is 16.3. The third-order valence-corrected chi connectivity index (χ3v) is 5.84. The Labute approximate surface area is 188 Å². The van der Waals surface area contributed by atoms with Crippen LogP contribution >= 0.6 is 28.1 Å². The summed E-state index contributed by atoms with van der Waals surface area (Å²) in [5, 5.41) is 2.71. The molecule has 4 rings (SSSR count). The average Bonchev–Trinajstić information content (AvgIpc) is 3.16. The molecule has 1 N–H and O–H groups in total. The normalized spacial score (nSPS) is 15.6. The number of aromatic nitrogens is 1. The molecule has 1 saturated heterocycles. The molecule has 0 atom stereocenters. The van der Waals surface area contributed by atoms with E-state index in [0.29, 0.717) is 11.4 Å². The van der Waals surface area contributed by atoms with Gasteiger partial charge in [0.05, 0.1) is 5.69 Å². The summed E-state index contributed by atoms with van der Waals surface area (Å²) in [6.07, 6.45) is 3.47. The van der Waals surface area contributed by atoms with Crippen molar-refractivity contribution < 1.29 is 9.59 Å². The van der Waals surface area contributed by atoms with Crippen molar-refractivity contribution in [1.82, 2.24) is 9.88 Å². The summed E-state index contributed by atoms with van der Waals surface area (Å²) < 4.78 is 2.88. The first-order valence-electron chi connectivity index (χ1n) is 9.27. The summed E-state index contributed by atoms with van der Waals surface area (Å²) in [6, 6.07) is 17.1. The summed E-state index contributed by atoms with van der Waals surface area (Å²) in [4.78, 5) is 27.2. The number of thiocarbonyl (C=S) groups is 1. The van der Waals surface area contributed by atoms with E-state index < -0.39 is 11.8 Å². The van der Waals surface area contributed by atoms with E-state index in [9.17, 15) is 9.59 Å². The van der Waals surface area contributed by atoms with Gasteiger partial charge in [-0.2, -0.15) is 0 Å². The first kappa shape index (κ1) is 20.3. The van der Waals surface area contributed by atoms with Crippen LogP contribution < -0.4 is 10.2 Å². The molecule has 1 aliphatic rings. The second kappa shape index (κ2) is 8.01. The molecule has 3 aromatic rings. The molecule has 7 heteroatoms. The van der Waals surface area contributed by atoms with Gasteiger partial charge in [0.15, 0.2) is 5.11 Å². The predicted molar refractivity (Wildman–Crippen MR) is 126 cm³/mol. The highest BCUT2D eigenvalue weighted by Gasteiger charge is 2.34. The first-order chi connectivity index (χ1) is 14.3. The molecule has 2 aromatic carbocycles. The summed E-state index contributed by atoms with van der Waals surface area (Å²) in [5.41, 5.74) is 4.43. The standard InChI is InChI=1S/C23H18BrN3O2S/c1-14-5-8-19(12-15(14)2)27-22(29)20(21(28)25-23(27)30)13-18-4-3-11-26(18)17-9-6-16(24)7-10-17/h3-13H,1-2H3,(H,25,28,30)/b20-13-. The van der Waals surface area contributed by atoms with Crippen molar-refractivity contribution in [3.8, 4) is 5.69 Å². The molecule has 150 valence electrons. The zero-order chi connectivity index (χ0) is 21.4. The molecule has 0 spiro atoms. The number of nitrogens with zero attached hydrogens (tertiary/aromatic N) is 2. The van der Waals surface area contributed by atoms with Crippen LogP contribution in [0.25, 0.3) is 11.8 Å². The lowest BCUT2D eigenvalue weighted by Crippen LogP contribution is -2.54. The average molecular weight is 480 g/mol. The monoisotopic (exact) mass is 479 g/mol. The maximum absolute atomic E-state index is 13.3. The second-order valence-electron chi connectivity index (χ2n) is 7.01. The fourth-order valence-corrected chi connectivity index (χ4v) is 3.80. The van der Waals surface area contributed by atoms with Crippen LogP contribution in [-0.4, -0.2) is 21.5 Å². The van der Waals surface area contributed by atoms with E-state index in [0.717, 1.165) is 21.3 Å². The third-order valence-electron chi connectivity index (χ3n) is 5.03. The van der Waals surface area contributed by atoms with Gasteiger partial charge in [-0.25, -0.2) is 0 Å². The van der Waals surface area contributed by atoms with E-state index in [4.69, 9.17) is 12.2 Å². The fourth-order valence-electron chi connectivity index (χ4n) is 3.25. The molecule has 30 heavy (non-hydrogen) atoms. The van der Waals surface area contributed by atoms with Crippen LogP contribution in [0.15, 0.2) is 70.8 Å². The fraction of sp³-hybridized carbons (Fsp3) is 0.0870. The molecule has 2 amide bonds. The molecule has 0 radical (unpaired) electrons. The Kier molecular flexibility index (Phi) is 5.40. The van der Waals surface area contributed by atoms with E-state index in [2.05, 4.69) is 21.2 Å². The molecular weight excluding hydrogens is 462 g/mol. The smallest absolute Gasteiger partial charge is 0.270 e. The quantitative estimate of drug-likeness (QED) is 0.336. The molecule has 0 unspecified atom stereocenters. The molecule has 2 heterocycles. The molecule has 0 aliphatic carbocycles. The number of aryl methyl sites for hydroxylation is 2. The van der Waals surface area contributed by atoms with E-state index in [1.165, 1.54) is 4.90 Å². The van der Waals surface area contributed by atoms with Crippen molar-refractivity contribution in [2.75, 3.05) is 4.90 Å². The van der Waals surface area contributed by atoms with Crippen molar-refractivity contribution in [2.24, 2.45) is 0 Å². The molecule has 1 aromatic heterocycles. The maximum Gasteiger partial charge on any atom is 0.270 e. The third kappa shape index (κ3) is 3.74. The summed E-state index contributed by atoms with van der Waals surface area (Å²) in [6.45, 7) is 3.97. The summed E-state index contributed by atoms with van der Waals surface area (Å²) in [5.74, 6) is -0.954. The first-order valence-corrected chi connectivity index (χ1v) is 10.5. The maximum atomic E-state index is 13.3. The molecular formula is C23H18BrN3O2S. The number of anilines is 1. The highest BCUT2D eigenvalue weighted by Crippen LogP contribution is 2.25. The Morgan fingerprint density at radius 1 is 0.967 bits per heavy atom. The number of rotatable bonds is 3. The Balaban J connectivity index is 1.74. The number of amides is 2. The van der Waals surface area contributed by atoms with E-state index >= 15 is 0 Å². The number of nitrogens with one attached hydrogen (secondary N) is 1. The Hall–Kier alpha value is -3.03. The lowest BCUT2D eigenvalue weighted by atomic mass is 10.1. The number of hydrogen-bond acceptors (Lipinski definition) is 3. The van der Waals surface area contributed by atoms with Gasteiger partial charge in [-0.05, 0) is 91.8 Å². The minimum Gasteiger partial charge on any atom is -0.317 e. The van der Waals surface area contributed by atoms with E-state index in [-0.39, 0.29) is 10.7 Å². The highest BCUT2D eigenvalue weighted by atomic mass is 79.9. The SMILES string of the molecule is Cc1ccc(N2C(=O)/C(=C\c3cccn3-c3ccc(Br)cc3)C(=O)NC2=S)cc1C. The molecule has 0 bridgehead atoms. The second-order valence-corrected chi connectivity index (χ2v) is 8.31. The Morgan fingerprint density at radius 3 is 2.37 bits per heavy atom. The van der Waals surface area contributed by atoms with Crippen molar-refractivity contribution >= 4 is 56.8 Å². The molecule has 5 nitrogen and oxygen atoms in total. The van der Waals surface area contributed by atoms with Crippen LogP contribution in [0.5, 0.6) is 0 Å². The number of halogens is 1. The van der Waals surface area contributed by atoms with Crippen molar-refractivity contribution in [2.45, 2.75) is 13.8 Å². The Bertz CT molecular complexity index is 1210. The van der Waals surface area contributed by atoms with Crippen molar-refractivity contribution in [1.29, 1.82) is 0 Å². The van der Waals surface area contributed by atoms with Gasteiger partial charge < -0.3 is 4.57 Å². The lowest BCUT2D eigenvalue weighted by molar-refractivity contribution is -0.122. The van der Waals surface area contributed by atoms with E-state index in [1.54, 1.807) is 6.08 Å². The van der Waals surface area contributed by atoms with Gasteiger partial charge in [-0.15, -0.1) is 0 Å². The topological polar surface area (TPSA) is 54.3 Å². The highest BCUT2D eigenvalue weighted by molar-refractivity contribution is 9.10. The van der Waals surface area contributed by atoms with Gasteiger partial charge in [0.2, 0.25) is 0 Å². The van der Waals surface area contributed by atoms with Gasteiger partial charge in [-0.3, -0.25) is 19.8 Å². The van der Waals surface area contributed by atoms with Crippen molar-refractivity contribution in [3.63, 3.8) is 0 Å². The molecule has 0 saturated carbocycles. The summed E-state index contributed by atoms with van der Waals surface area (Å²) in [7, 11) is 0. The minimum atomic E-state index is -0.506. The van der Waals surface area contributed by atoms with Crippen LogP contribution in [0.3, 0.4) is 0 Å². The minimum absolute atomic E-state index is 0.0267. The molecule has 1 aliphatic heterocycles. The lowest BCUT2D eigenvalue weighted by Gasteiger charge is -2.29. The van der Waals surface area contributed by atoms with Gasteiger partial charge in [0.1, 0.15) is 5.57 Å². The largest absolute Gasteiger partial charge is 0.317 e. The number of carbonyl (C=O) groups is 2. The predicted octanol–water partition coefficient (Wildman–Crippen LogP) is 4.69. The van der Waals surface area contributed by atoms with Crippen LogP contribution in [0, 0.1) is 13.8 Å². The van der Waals surface area contributed by atoms with Crippen LogP contribution in [0.2, 0.25) is 0 Å². The van der Waals surface area contributed by atoms with Crippen LogP contribution in [0.1, 0.15) is 16.8 Å². The summed E-state index contributed by atoms with van der Waals surface area (Å²) >= 11 is 8.72. The molecule has 1 fully saturated rings. The van der Waals surface area contributed by atoms with Crippen molar-refractivity contribution in [3.05, 3.63) is 87.7 Å². The number of hydrogen-bond donors (Lipinski definition) is 1. The van der Waals surface area contributed by atoms with E-state index in [1.807, 2.05) is 79.2 Å². The number of benzene rings is 2. The number of carbonyl (C=O) groups excluding carboxylic acids is 2. The van der Waals surface area contributed by atoms with Gasteiger partial charge >= 0.3 is 0 Å². The Morgan fingerprint density at radius 2 is 1.67 bits per heavy atom. The van der Waals surface area contributed by atoms with Gasteiger partial charge in [0.25, 0.3) is 11.8 Å². The zero-order valence-corrected chi connectivity index (χ0v) is 18.8.